The van der Waals surface area contributed by atoms with Crippen molar-refractivity contribution in [1.82, 2.24) is 19.3 Å². The molecule has 0 saturated carbocycles. The van der Waals surface area contributed by atoms with Gasteiger partial charge in [-0.2, -0.15) is 0 Å². The molecule has 0 spiro atoms. The van der Waals surface area contributed by atoms with Crippen LogP contribution in [0.2, 0.25) is 5.02 Å². The number of morpholine rings is 1. The van der Waals surface area contributed by atoms with E-state index in [-0.39, 0.29) is 27.0 Å². The zero-order valence-corrected chi connectivity index (χ0v) is 23.0. The van der Waals surface area contributed by atoms with Crippen molar-refractivity contribution in [3.05, 3.63) is 76.2 Å². The van der Waals surface area contributed by atoms with Gasteiger partial charge in [0, 0.05) is 49.7 Å². The topological polar surface area (TPSA) is 127 Å². The molecular weight excluding hydrogens is 563 g/mol. The number of aromatic nitrogens is 3. The molecule has 1 aliphatic rings. The van der Waals surface area contributed by atoms with Crippen molar-refractivity contribution < 1.29 is 22.3 Å². The SMILES string of the molecule is COc1ncc(-c2ccc3ncc(NCCN4CCOCC4)c(=O)n3c2)cc1NS(=O)(=O)c1ccc(F)cc1Cl. The molecule has 0 atom stereocenters. The van der Waals surface area contributed by atoms with Gasteiger partial charge in [-0.15, -0.1) is 0 Å². The maximum atomic E-state index is 13.5. The molecule has 3 aromatic heterocycles. The van der Waals surface area contributed by atoms with Crippen LogP contribution in [0.1, 0.15) is 0 Å². The van der Waals surface area contributed by atoms with Crippen LogP contribution in [0.3, 0.4) is 0 Å². The molecule has 0 bridgehead atoms. The lowest BCUT2D eigenvalue weighted by Gasteiger charge is -2.26. The van der Waals surface area contributed by atoms with Gasteiger partial charge in [0.25, 0.3) is 15.6 Å². The number of fused-ring (bicyclic) bond motifs is 1. The van der Waals surface area contributed by atoms with Crippen LogP contribution < -0.4 is 20.3 Å². The molecule has 1 fully saturated rings. The van der Waals surface area contributed by atoms with Gasteiger partial charge in [-0.05, 0) is 36.4 Å². The number of hydrogen-bond acceptors (Lipinski definition) is 9. The van der Waals surface area contributed by atoms with Gasteiger partial charge in [0.05, 0.1) is 31.5 Å². The predicted octanol–water partition coefficient (Wildman–Crippen LogP) is 3.10. The lowest BCUT2D eigenvalue weighted by molar-refractivity contribution is 0.0398. The molecular formula is C26H26ClFN6O5S. The number of ether oxygens (including phenoxy) is 2. The average Bonchev–Trinajstić information content (AvgIpc) is 2.94. The average molecular weight is 589 g/mol. The molecule has 0 amide bonds. The predicted molar refractivity (Wildman–Crippen MR) is 149 cm³/mol. The van der Waals surface area contributed by atoms with Gasteiger partial charge in [0.1, 0.15) is 27.7 Å². The number of sulfonamides is 1. The molecule has 1 aliphatic heterocycles. The second-order valence-corrected chi connectivity index (χ2v) is 11.0. The highest BCUT2D eigenvalue weighted by molar-refractivity contribution is 7.92. The Balaban J connectivity index is 1.42. The summed E-state index contributed by atoms with van der Waals surface area (Å²) in [5.74, 6) is -0.654. The Morgan fingerprint density at radius 2 is 1.88 bits per heavy atom. The number of benzene rings is 1. The quantitative estimate of drug-likeness (QED) is 0.303. The Labute approximate surface area is 234 Å². The Kier molecular flexibility index (Phi) is 8.17. The Morgan fingerprint density at radius 1 is 1.07 bits per heavy atom. The van der Waals surface area contributed by atoms with E-state index in [0.29, 0.717) is 42.2 Å². The lowest BCUT2D eigenvalue weighted by atomic mass is 10.1. The minimum Gasteiger partial charge on any atom is -0.480 e. The molecule has 2 N–H and O–H groups in total. The number of nitrogens with one attached hydrogen (secondary N) is 2. The fourth-order valence-corrected chi connectivity index (χ4v) is 5.86. The summed E-state index contributed by atoms with van der Waals surface area (Å²) < 4.78 is 53.9. The number of methoxy groups -OCH3 is 1. The molecule has 11 nitrogen and oxygen atoms in total. The highest BCUT2D eigenvalue weighted by atomic mass is 35.5. The summed E-state index contributed by atoms with van der Waals surface area (Å²) >= 11 is 5.98. The monoisotopic (exact) mass is 588 g/mol. The third kappa shape index (κ3) is 6.02. The van der Waals surface area contributed by atoms with Crippen LogP contribution in [-0.2, 0) is 14.8 Å². The molecule has 0 radical (unpaired) electrons. The highest BCUT2D eigenvalue weighted by Gasteiger charge is 2.21. The van der Waals surface area contributed by atoms with Crippen LogP contribution in [0.4, 0.5) is 15.8 Å². The van der Waals surface area contributed by atoms with E-state index in [1.54, 1.807) is 18.3 Å². The maximum absolute atomic E-state index is 13.5. The minimum absolute atomic E-state index is 0.0111. The molecule has 1 aromatic carbocycles. The third-order valence-corrected chi connectivity index (χ3v) is 8.20. The standard InChI is InChI=1S/C26H26ClFN6O5S/c1-38-25-21(32-40(36,37)23-4-3-19(28)13-20(23)27)12-18(14-31-25)17-2-5-24-30-15-22(26(35)34(24)16-17)29-6-7-33-8-10-39-11-9-33/h2-5,12-16,29,32H,6-11H2,1H3. The highest BCUT2D eigenvalue weighted by Crippen LogP contribution is 2.31. The summed E-state index contributed by atoms with van der Waals surface area (Å²) in [4.78, 5) is 23.8. The van der Waals surface area contributed by atoms with Gasteiger partial charge >= 0.3 is 0 Å². The molecule has 0 unspecified atom stereocenters. The van der Waals surface area contributed by atoms with Crippen LogP contribution in [0.15, 0.2) is 64.7 Å². The van der Waals surface area contributed by atoms with Gasteiger partial charge < -0.3 is 14.8 Å². The first-order valence-corrected chi connectivity index (χ1v) is 14.2. The molecule has 210 valence electrons. The van der Waals surface area contributed by atoms with Crippen LogP contribution in [0.5, 0.6) is 5.88 Å². The largest absolute Gasteiger partial charge is 0.480 e. The van der Waals surface area contributed by atoms with Crippen molar-refractivity contribution in [2.45, 2.75) is 4.90 Å². The van der Waals surface area contributed by atoms with Crippen LogP contribution >= 0.6 is 11.6 Å². The summed E-state index contributed by atoms with van der Waals surface area (Å²) in [6.07, 6.45) is 4.61. The summed E-state index contributed by atoms with van der Waals surface area (Å²) in [7, 11) is -2.86. The van der Waals surface area contributed by atoms with Crippen molar-refractivity contribution in [3.8, 4) is 17.0 Å². The van der Waals surface area contributed by atoms with E-state index in [2.05, 4.69) is 24.9 Å². The zero-order valence-electron chi connectivity index (χ0n) is 21.4. The summed E-state index contributed by atoms with van der Waals surface area (Å²) in [6, 6.07) is 7.92. The van der Waals surface area contributed by atoms with Crippen molar-refractivity contribution in [2.75, 3.05) is 56.5 Å². The van der Waals surface area contributed by atoms with E-state index in [9.17, 15) is 17.6 Å². The number of pyridine rings is 2. The maximum Gasteiger partial charge on any atom is 0.281 e. The van der Waals surface area contributed by atoms with Crippen LogP contribution in [-0.4, -0.2) is 74.2 Å². The van der Waals surface area contributed by atoms with Gasteiger partial charge in [-0.25, -0.2) is 22.8 Å². The zero-order chi connectivity index (χ0) is 28.3. The first-order valence-electron chi connectivity index (χ1n) is 12.3. The molecule has 5 rings (SSSR count). The molecule has 1 saturated heterocycles. The fourth-order valence-electron chi connectivity index (χ4n) is 4.28. The van der Waals surface area contributed by atoms with Crippen molar-refractivity contribution in [3.63, 3.8) is 0 Å². The molecule has 0 aliphatic carbocycles. The Hall–Kier alpha value is -3.78. The lowest BCUT2D eigenvalue weighted by Crippen LogP contribution is -2.39. The van der Waals surface area contributed by atoms with Crippen LogP contribution in [0, 0.1) is 5.82 Å². The molecule has 4 heterocycles. The van der Waals surface area contributed by atoms with Crippen molar-refractivity contribution in [2.24, 2.45) is 0 Å². The number of hydrogen-bond donors (Lipinski definition) is 2. The first-order chi connectivity index (χ1) is 19.2. The number of anilines is 2. The third-order valence-electron chi connectivity index (χ3n) is 6.35. The number of rotatable bonds is 9. The van der Waals surface area contributed by atoms with Crippen LogP contribution in [0.25, 0.3) is 16.8 Å². The van der Waals surface area contributed by atoms with Gasteiger partial charge in [-0.3, -0.25) is 18.8 Å². The second-order valence-electron chi connectivity index (χ2n) is 8.96. The Bertz CT molecular complexity index is 1710. The molecule has 40 heavy (non-hydrogen) atoms. The van der Waals surface area contributed by atoms with E-state index < -0.39 is 15.8 Å². The fraction of sp³-hybridized carbons (Fsp3) is 0.269. The summed E-state index contributed by atoms with van der Waals surface area (Å²) in [5.41, 5.74) is 1.65. The Morgan fingerprint density at radius 3 is 2.62 bits per heavy atom. The van der Waals surface area contributed by atoms with E-state index in [1.165, 1.54) is 30.0 Å². The number of halogens is 2. The van der Waals surface area contributed by atoms with Gasteiger partial charge in [0.2, 0.25) is 5.88 Å². The van der Waals surface area contributed by atoms with Crippen molar-refractivity contribution in [1.29, 1.82) is 0 Å². The molecule has 4 aromatic rings. The van der Waals surface area contributed by atoms with Gasteiger partial charge in [0.15, 0.2) is 0 Å². The van der Waals surface area contributed by atoms with Gasteiger partial charge in [-0.1, -0.05) is 11.6 Å². The summed E-state index contributed by atoms with van der Waals surface area (Å²) in [6.45, 7) is 4.45. The van der Waals surface area contributed by atoms with E-state index in [1.807, 2.05) is 0 Å². The molecule has 14 heteroatoms. The minimum atomic E-state index is -4.21. The van der Waals surface area contributed by atoms with E-state index >= 15 is 0 Å². The van der Waals surface area contributed by atoms with Crippen molar-refractivity contribution >= 4 is 38.6 Å². The summed E-state index contributed by atoms with van der Waals surface area (Å²) in [5, 5.41) is 2.90. The van der Waals surface area contributed by atoms with E-state index in [4.69, 9.17) is 21.1 Å². The first kappa shape index (κ1) is 27.8. The normalized spacial score (nSPS) is 14.3. The van der Waals surface area contributed by atoms with E-state index in [0.717, 1.165) is 37.8 Å². The second kappa shape index (κ2) is 11.8. The number of nitrogens with zero attached hydrogens (tertiary/aromatic N) is 4. The smallest absolute Gasteiger partial charge is 0.281 e.